The predicted molar refractivity (Wildman–Crippen MR) is 118 cm³/mol. The Bertz CT molecular complexity index is 1350. The summed E-state index contributed by atoms with van der Waals surface area (Å²) in [4.78, 5) is 10.3. The fourth-order valence-corrected chi connectivity index (χ4v) is 4.09. The highest BCUT2D eigenvalue weighted by Gasteiger charge is 2.30. The molecule has 7 nitrogen and oxygen atoms in total. The molecule has 0 aliphatic carbocycles. The number of hydrogen-bond acceptors (Lipinski definition) is 6. The molecule has 0 amide bonds. The van der Waals surface area contributed by atoms with Crippen molar-refractivity contribution in [3.63, 3.8) is 0 Å². The number of piperidine rings is 1. The largest absolute Gasteiger partial charge is 0.481 e. The summed E-state index contributed by atoms with van der Waals surface area (Å²) in [6.45, 7) is 0.744. The summed E-state index contributed by atoms with van der Waals surface area (Å²) in [5.41, 5.74) is 1.13. The molecule has 34 heavy (non-hydrogen) atoms. The first-order valence-electron chi connectivity index (χ1n) is 10.6. The molecule has 1 N–H and O–H groups in total. The van der Waals surface area contributed by atoms with Crippen molar-refractivity contribution in [3.05, 3.63) is 66.2 Å². The van der Waals surface area contributed by atoms with Gasteiger partial charge < -0.3 is 15.0 Å². The van der Waals surface area contributed by atoms with Crippen molar-refractivity contribution in [1.29, 1.82) is 0 Å². The molecular formula is C23H20F4N6O. The Morgan fingerprint density at radius 2 is 1.94 bits per heavy atom. The maximum atomic E-state index is 15.0. The van der Waals surface area contributed by atoms with E-state index < -0.39 is 29.7 Å². The van der Waals surface area contributed by atoms with Gasteiger partial charge in [0.2, 0.25) is 11.8 Å². The smallest absolute Gasteiger partial charge is 0.243 e. The summed E-state index contributed by atoms with van der Waals surface area (Å²) in [6, 6.07) is 8.12. The van der Waals surface area contributed by atoms with Crippen LogP contribution in [0, 0.1) is 17.5 Å². The van der Waals surface area contributed by atoms with E-state index in [-0.39, 0.29) is 29.3 Å². The number of methoxy groups -OCH3 is 1. The van der Waals surface area contributed by atoms with Crippen LogP contribution >= 0.6 is 0 Å². The zero-order valence-corrected chi connectivity index (χ0v) is 18.1. The number of nitrogens with one attached hydrogen (secondary N) is 1. The first-order chi connectivity index (χ1) is 16.4. The molecule has 1 fully saturated rings. The van der Waals surface area contributed by atoms with Crippen molar-refractivity contribution in [1.82, 2.24) is 19.6 Å². The number of aromatic nitrogens is 4. The Hall–Kier alpha value is -3.89. The summed E-state index contributed by atoms with van der Waals surface area (Å²) < 4.78 is 63.1. The van der Waals surface area contributed by atoms with E-state index in [1.807, 2.05) is 4.90 Å². The van der Waals surface area contributed by atoms with Gasteiger partial charge in [-0.25, -0.2) is 27.1 Å². The first kappa shape index (κ1) is 21.9. The molecule has 0 bridgehead atoms. The molecule has 1 aliphatic heterocycles. The third-order valence-electron chi connectivity index (χ3n) is 5.84. The van der Waals surface area contributed by atoms with Gasteiger partial charge in [-0.05, 0) is 36.8 Å². The molecule has 0 saturated carbocycles. The average Bonchev–Trinajstić information content (AvgIpc) is 3.27. The molecule has 1 aromatic carbocycles. The molecule has 4 heterocycles. The average molecular weight is 472 g/mol. The number of benzene rings is 1. The van der Waals surface area contributed by atoms with Gasteiger partial charge in [0.05, 0.1) is 19.7 Å². The summed E-state index contributed by atoms with van der Waals surface area (Å²) in [5.74, 6) is -3.54. The number of alkyl halides is 1. The van der Waals surface area contributed by atoms with Crippen molar-refractivity contribution in [2.75, 3.05) is 30.4 Å². The lowest BCUT2D eigenvalue weighted by Gasteiger charge is -2.36. The molecule has 0 spiro atoms. The van der Waals surface area contributed by atoms with Crippen LogP contribution in [0.3, 0.4) is 0 Å². The van der Waals surface area contributed by atoms with E-state index in [1.54, 1.807) is 30.6 Å². The Balaban J connectivity index is 1.36. The minimum atomic E-state index is -1.56. The molecule has 4 aromatic rings. The van der Waals surface area contributed by atoms with Crippen molar-refractivity contribution < 1.29 is 22.3 Å². The number of ether oxygens (including phenoxy) is 1. The molecule has 1 aliphatic rings. The number of pyridine rings is 2. The standard InChI is InChI=1S/C23H20F4N6O/c1-34-19-11-13(6-8-28-19)32-10-7-18(17(25)12-32)29-23-30-22-15(3-2-9-33(22)31-23)14-4-5-16(24)21(27)20(14)26/h2-6,8-9,11,17-18H,7,10,12H2,1H3,(H,29,31). The second kappa shape index (κ2) is 8.81. The van der Waals surface area contributed by atoms with Crippen LogP contribution in [0.2, 0.25) is 0 Å². The van der Waals surface area contributed by atoms with E-state index in [2.05, 4.69) is 20.4 Å². The Morgan fingerprint density at radius 3 is 2.74 bits per heavy atom. The summed E-state index contributed by atoms with van der Waals surface area (Å²) in [7, 11) is 1.52. The number of rotatable bonds is 5. The molecule has 2 atom stereocenters. The fourth-order valence-electron chi connectivity index (χ4n) is 4.09. The van der Waals surface area contributed by atoms with Gasteiger partial charge in [0.1, 0.15) is 6.17 Å². The van der Waals surface area contributed by atoms with Crippen LogP contribution in [0.15, 0.2) is 48.8 Å². The summed E-state index contributed by atoms with van der Waals surface area (Å²) in [5, 5.41) is 7.31. The van der Waals surface area contributed by atoms with Crippen LogP contribution in [-0.4, -0.2) is 52.0 Å². The van der Waals surface area contributed by atoms with Gasteiger partial charge in [0.15, 0.2) is 23.1 Å². The third kappa shape index (κ3) is 3.97. The van der Waals surface area contributed by atoms with Crippen LogP contribution in [0.5, 0.6) is 5.88 Å². The van der Waals surface area contributed by atoms with Gasteiger partial charge in [-0.1, -0.05) is 0 Å². The molecule has 0 radical (unpaired) electrons. The summed E-state index contributed by atoms with van der Waals surface area (Å²) >= 11 is 0. The van der Waals surface area contributed by atoms with E-state index >= 15 is 4.39 Å². The zero-order chi connectivity index (χ0) is 23.8. The van der Waals surface area contributed by atoms with Gasteiger partial charge in [-0.15, -0.1) is 5.10 Å². The van der Waals surface area contributed by atoms with E-state index in [9.17, 15) is 13.2 Å². The number of halogens is 4. The van der Waals surface area contributed by atoms with Crippen molar-refractivity contribution >= 4 is 17.3 Å². The van der Waals surface area contributed by atoms with Gasteiger partial charge in [-0.3, -0.25) is 0 Å². The molecule has 11 heteroatoms. The highest BCUT2D eigenvalue weighted by Crippen LogP contribution is 2.30. The quantitative estimate of drug-likeness (QED) is 0.346. The van der Waals surface area contributed by atoms with E-state index in [4.69, 9.17) is 4.74 Å². The van der Waals surface area contributed by atoms with Gasteiger partial charge in [0.25, 0.3) is 0 Å². The second-order valence-corrected chi connectivity index (χ2v) is 7.91. The minimum absolute atomic E-state index is 0.145. The highest BCUT2D eigenvalue weighted by molar-refractivity contribution is 5.78. The predicted octanol–water partition coefficient (Wildman–Crippen LogP) is 4.25. The summed E-state index contributed by atoms with van der Waals surface area (Å²) in [6.07, 6.45) is 2.45. The maximum absolute atomic E-state index is 15.0. The Labute approximate surface area is 192 Å². The van der Waals surface area contributed by atoms with Crippen molar-refractivity contribution in [2.24, 2.45) is 0 Å². The van der Waals surface area contributed by atoms with E-state index in [1.165, 1.54) is 17.7 Å². The van der Waals surface area contributed by atoms with Gasteiger partial charge >= 0.3 is 0 Å². The van der Waals surface area contributed by atoms with Crippen molar-refractivity contribution in [3.8, 4) is 17.0 Å². The molecule has 5 rings (SSSR count). The molecule has 3 aromatic heterocycles. The fraction of sp³-hybridized carbons (Fsp3) is 0.261. The number of hydrogen-bond donors (Lipinski definition) is 1. The maximum Gasteiger partial charge on any atom is 0.243 e. The monoisotopic (exact) mass is 472 g/mol. The van der Waals surface area contributed by atoms with E-state index in [0.29, 0.717) is 18.8 Å². The molecule has 176 valence electrons. The zero-order valence-electron chi connectivity index (χ0n) is 18.1. The highest BCUT2D eigenvalue weighted by atomic mass is 19.2. The molecular weight excluding hydrogens is 452 g/mol. The lowest BCUT2D eigenvalue weighted by Crippen LogP contribution is -2.48. The lowest BCUT2D eigenvalue weighted by atomic mass is 10.0. The van der Waals surface area contributed by atoms with Crippen LogP contribution in [0.4, 0.5) is 29.2 Å². The van der Waals surface area contributed by atoms with Crippen LogP contribution in [0.25, 0.3) is 16.8 Å². The normalized spacial score (nSPS) is 18.3. The third-order valence-corrected chi connectivity index (χ3v) is 5.84. The lowest BCUT2D eigenvalue weighted by molar-refractivity contribution is 0.263. The Kier molecular flexibility index (Phi) is 5.68. The second-order valence-electron chi connectivity index (χ2n) is 7.91. The van der Waals surface area contributed by atoms with Crippen LogP contribution in [-0.2, 0) is 0 Å². The number of fused-ring (bicyclic) bond motifs is 1. The molecule has 1 saturated heterocycles. The van der Waals surface area contributed by atoms with Gasteiger partial charge in [0, 0.05) is 41.8 Å². The van der Waals surface area contributed by atoms with E-state index in [0.717, 1.165) is 17.8 Å². The number of nitrogens with zero attached hydrogens (tertiary/aromatic N) is 5. The first-order valence-corrected chi connectivity index (χ1v) is 10.6. The van der Waals surface area contributed by atoms with Crippen molar-refractivity contribution in [2.45, 2.75) is 18.6 Å². The molecule has 2 unspecified atom stereocenters. The number of anilines is 2. The minimum Gasteiger partial charge on any atom is -0.481 e. The topological polar surface area (TPSA) is 67.6 Å². The van der Waals surface area contributed by atoms with Crippen LogP contribution in [0.1, 0.15) is 6.42 Å². The van der Waals surface area contributed by atoms with Gasteiger partial charge in [-0.2, -0.15) is 4.98 Å². The SMILES string of the molecule is COc1cc(N2CCC(Nc3nc4c(-c5ccc(F)c(F)c5F)cccn4n3)C(F)C2)ccn1. The Morgan fingerprint density at radius 1 is 1.09 bits per heavy atom. The van der Waals surface area contributed by atoms with Crippen LogP contribution < -0.4 is 15.0 Å².